The molecule has 3 rings (SSSR count). The Balaban J connectivity index is 1.88. The topological polar surface area (TPSA) is 75.4 Å². The molecule has 2 unspecified atom stereocenters. The molecule has 6 heteroatoms. The molecule has 3 N–H and O–H groups in total. The average Bonchev–Trinajstić information content (AvgIpc) is 2.80. The van der Waals surface area contributed by atoms with Gasteiger partial charge in [0.2, 0.25) is 5.91 Å². The Morgan fingerprint density at radius 2 is 2.25 bits per heavy atom. The molecule has 0 saturated carbocycles. The van der Waals surface area contributed by atoms with E-state index in [2.05, 4.69) is 21.2 Å². The van der Waals surface area contributed by atoms with Gasteiger partial charge in [-0.3, -0.25) is 9.59 Å². The Morgan fingerprint density at radius 1 is 1.45 bits per heavy atom. The van der Waals surface area contributed by atoms with Gasteiger partial charge in [-0.25, -0.2) is 0 Å². The maximum Gasteiger partial charge on any atom is 0.256 e. The highest BCUT2D eigenvalue weighted by Gasteiger charge is 2.42. The van der Waals surface area contributed by atoms with Crippen molar-refractivity contribution in [3.63, 3.8) is 0 Å². The van der Waals surface area contributed by atoms with Gasteiger partial charge >= 0.3 is 0 Å². The number of carbonyl (C=O) groups is 2. The molecule has 0 aliphatic carbocycles. The van der Waals surface area contributed by atoms with E-state index < -0.39 is 0 Å². The molecule has 106 valence electrons. The molecule has 5 nitrogen and oxygen atoms in total. The summed E-state index contributed by atoms with van der Waals surface area (Å²) in [5.74, 6) is -0.0816. The van der Waals surface area contributed by atoms with Crippen LogP contribution in [0.15, 0.2) is 22.7 Å². The van der Waals surface area contributed by atoms with Crippen LogP contribution in [-0.4, -0.2) is 35.8 Å². The summed E-state index contributed by atoms with van der Waals surface area (Å²) in [4.78, 5) is 26.2. The van der Waals surface area contributed by atoms with Crippen LogP contribution < -0.4 is 11.1 Å². The second kappa shape index (κ2) is 5.09. The number of likely N-dealkylation sites (tertiary alicyclic amines) is 1. The molecule has 2 fully saturated rings. The van der Waals surface area contributed by atoms with Crippen LogP contribution in [0.4, 0.5) is 5.69 Å². The summed E-state index contributed by atoms with van der Waals surface area (Å²) in [6, 6.07) is 5.23. The van der Waals surface area contributed by atoms with Crippen LogP contribution >= 0.6 is 15.9 Å². The fraction of sp³-hybridized carbons (Fsp3) is 0.429. The van der Waals surface area contributed by atoms with Gasteiger partial charge in [-0.1, -0.05) is 15.9 Å². The molecule has 2 amide bonds. The number of anilines is 1. The molecule has 20 heavy (non-hydrogen) atoms. The Kier molecular flexibility index (Phi) is 3.41. The van der Waals surface area contributed by atoms with Crippen molar-refractivity contribution in [3.8, 4) is 0 Å². The number of hydrogen-bond donors (Lipinski definition) is 2. The van der Waals surface area contributed by atoms with Gasteiger partial charge in [-0.05, 0) is 31.0 Å². The van der Waals surface area contributed by atoms with Crippen molar-refractivity contribution in [1.29, 1.82) is 0 Å². The predicted molar refractivity (Wildman–Crippen MR) is 79.1 cm³/mol. The van der Waals surface area contributed by atoms with Crippen LogP contribution in [0.5, 0.6) is 0 Å². The van der Waals surface area contributed by atoms with Crippen LogP contribution in [0.2, 0.25) is 0 Å². The molecular formula is C14H16BrN3O2. The monoisotopic (exact) mass is 337 g/mol. The summed E-state index contributed by atoms with van der Waals surface area (Å²) in [5, 5.41) is 2.85. The van der Waals surface area contributed by atoms with Crippen molar-refractivity contribution < 1.29 is 9.59 Å². The van der Waals surface area contributed by atoms with Crippen molar-refractivity contribution >= 4 is 33.4 Å². The van der Waals surface area contributed by atoms with Crippen LogP contribution in [0, 0.1) is 5.92 Å². The van der Waals surface area contributed by atoms with Gasteiger partial charge in [0.25, 0.3) is 5.91 Å². The van der Waals surface area contributed by atoms with E-state index in [0.717, 1.165) is 17.3 Å². The lowest BCUT2D eigenvalue weighted by Gasteiger charge is -2.36. The van der Waals surface area contributed by atoms with E-state index in [1.54, 1.807) is 17.0 Å². The quantitative estimate of drug-likeness (QED) is 0.760. The minimum Gasteiger partial charge on any atom is -0.398 e. The second-order valence-corrected chi connectivity index (χ2v) is 6.21. The SMILES string of the molecule is Nc1cc(Br)ccc1C(=O)N1CCCC2C(=O)NCC21. The molecule has 1 aromatic carbocycles. The van der Waals surface area contributed by atoms with E-state index >= 15 is 0 Å². The first-order chi connectivity index (χ1) is 9.58. The number of fused-ring (bicyclic) bond motifs is 1. The zero-order valence-corrected chi connectivity index (χ0v) is 12.5. The number of nitrogens with two attached hydrogens (primary N) is 1. The van der Waals surface area contributed by atoms with Gasteiger partial charge in [-0.2, -0.15) is 0 Å². The minimum absolute atomic E-state index is 0.0354. The molecule has 2 aliphatic rings. The van der Waals surface area contributed by atoms with E-state index in [1.165, 1.54) is 0 Å². The highest BCUT2D eigenvalue weighted by Crippen LogP contribution is 2.30. The number of halogens is 1. The fourth-order valence-corrected chi connectivity index (χ4v) is 3.47. The molecule has 2 heterocycles. The van der Waals surface area contributed by atoms with E-state index in [0.29, 0.717) is 24.3 Å². The van der Waals surface area contributed by atoms with E-state index in [1.807, 2.05) is 6.07 Å². The highest BCUT2D eigenvalue weighted by molar-refractivity contribution is 9.10. The molecule has 2 atom stereocenters. The summed E-state index contributed by atoms with van der Waals surface area (Å²) in [7, 11) is 0. The van der Waals surface area contributed by atoms with E-state index in [-0.39, 0.29) is 23.8 Å². The van der Waals surface area contributed by atoms with Crippen molar-refractivity contribution in [2.45, 2.75) is 18.9 Å². The predicted octanol–water partition coefficient (Wildman–Crippen LogP) is 1.38. The maximum atomic E-state index is 12.7. The van der Waals surface area contributed by atoms with Crippen LogP contribution in [0.3, 0.4) is 0 Å². The number of carbonyl (C=O) groups excluding carboxylic acids is 2. The third-order valence-electron chi connectivity index (χ3n) is 4.11. The average molecular weight is 338 g/mol. The van der Waals surface area contributed by atoms with Crippen molar-refractivity contribution in [2.24, 2.45) is 5.92 Å². The molecule has 2 aliphatic heterocycles. The molecule has 0 spiro atoms. The Labute approximate surface area is 125 Å². The van der Waals surface area contributed by atoms with Gasteiger partial charge in [0.15, 0.2) is 0 Å². The molecule has 2 saturated heterocycles. The summed E-state index contributed by atoms with van der Waals surface area (Å²) in [6.07, 6.45) is 1.72. The highest BCUT2D eigenvalue weighted by atomic mass is 79.9. The number of benzene rings is 1. The Bertz CT molecular complexity index is 576. The summed E-state index contributed by atoms with van der Waals surface area (Å²) < 4.78 is 0.848. The molecular weight excluding hydrogens is 322 g/mol. The van der Waals surface area contributed by atoms with Gasteiger partial charge in [0.05, 0.1) is 17.5 Å². The Hall–Kier alpha value is -1.56. The first-order valence-electron chi connectivity index (χ1n) is 6.71. The first kappa shape index (κ1) is 13.4. The van der Waals surface area contributed by atoms with Crippen LogP contribution in [0.1, 0.15) is 23.2 Å². The van der Waals surface area contributed by atoms with Gasteiger partial charge in [0.1, 0.15) is 0 Å². The number of amides is 2. The number of rotatable bonds is 1. The molecule has 0 bridgehead atoms. The number of piperidine rings is 1. The third kappa shape index (κ3) is 2.18. The minimum atomic E-state index is -0.0822. The number of nitrogen functional groups attached to an aromatic ring is 1. The van der Waals surface area contributed by atoms with Crippen LogP contribution in [0.25, 0.3) is 0 Å². The zero-order valence-electron chi connectivity index (χ0n) is 10.9. The summed E-state index contributed by atoms with van der Waals surface area (Å²) in [5.41, 5.74) is 6.90. The normalized spacial score (nSPS) is 25.2. The van der Waals surface area contributed by atoms with Gasteiger partial charge in [0, 0.05) is 23.2 Å². The molecule has 1 aromatic rings. The maximum absolute atomic E-state index is 12.7. The number of hydrogen-bond acceptors (Lipinski definition) is 3. The molecule has 0 aromatic heterocycles. The van der Waals surface area contributed by atoms with Gasteiger partial charge < -0.3 is 16.0 Å². The number of nitrogens with zero attached hydrogens (tertiary/aromatic N) is 1. The van der Waals surface area contributed by atoms with Crippen LogP contribution in [-0.2, 0) is 4.79 Å². The number of nitrogens with one attached hydrogen (secondary N) is 1. The van der Waals surface area contributed by atoms with E-state index in [4.69, 9.17) is 5.73 Å². The Morgan fingerprint density at radius 3 is 3.00 bits per heavy atom. The van der Waals surface area contributed by atoms with E-state index in [9.17, 15) is 9.59 Å². The largest absolute Gasteiger partial charge is 0.398 e. The summed E-state index contributed by atoms with van der Waals surface area (Å²) in [6.45, 7) is 1.23. The standard InChI is InChI=1S/C14H16BrN3O2/c15-8-3-4-9(11(16)6-8)14(20)18-5-1-2-10-12(18)7-17-13(10)19/h3-4,6,10,12H,1-2,5,7,16H2,(H,17,19). The zero-order chi connectivity index (χ0) is 14.3. The van der Waals surface area contributed by atoms with Crippen molar-refractivity contribution in [3.05, 3.63) is 28.2 Å². The third-order valence-corrected chi connectivity index (χ3v) is 4.60. The lowest BCUT2D eigenvalue weighted by atomic mass is 9.91. The van der Waals surface area contributed by atoms with Crippen molar-refractivity contribution in [1.82, 2.24) is 10.2 Å². The first-order valence-corrected chi connectivity index (χ1v) is 7.51. The molecule has 0 radical (unpaired) electrons. The van der Waals surface area contributed by atoms with Crippen molar-refractivity contribution in [2.75, 3.05) is 18.8 Å². The van der Waals surface area contributed by atoms with Gasteiger partial charge in [-0.15, -0.1) is 0 Å². The fourth-order valence-electron chi connectivity index (χ4n) is 3.09. The summed E-state index contributed by atoms with van der Waals surface area (Å²) >= 11 is 3.33. The second-order valence-electron chi connectivity index (χ2n) is 5.29. The lowest BCUT2D eigenvalue weighted by Crippen LogP contribution is -2.48. The smallest absolute Gasteiger partial charge is 0.256 e. The lowest BCUT2D eigenvalue weighted by molar-refractivity contribution is -0.123.